The Bertz CT molecular complexity index is 906. The second-order valence-electron chi connectivity index (χ2n) is 8.03. The number of guanidine groups is 1. The van der Waals surface area contributed by atoms with Crippen molar-refractivity contribution in [1.82, 2.24) is 20.4 Å². The Morgan fingerprint density at radius 2 is 1.97 bits per heavy atom. The summed E-state index contributed by atoms with van der Waals surface area (Å²) in [6.45, 7) is 10.6. The molecule has 2 aromatic rings. The molecule has 0 saturated carbocycles. The van der Waals surface area contributed by atoms with E-state index in [-0.39, 0.29) is 35.9 Å². The number of hydrogen-bond acceptors (Lipinski definition) is 3. The minimum absolute atomic E-state index is 0. The van der Waals surface area contributed by atoms with Gasteiger partial charge < -0.3 is 15.5 Å². The predicted octanol–water partition coefficient (Wildman–Crippen LogP) is 3.47. The summed E-state index contributed by atoms with van der Waals surface area (Å²) < 4.78 is 1.94. The van der Waals surface area contributed by atoms with Crippen LogP contribution in [0.4, 0.5) is 5.69 Å². The van der Waals surface area contributed by atoms with Crippen LogP contribution in [-0.4, -0.2) is 40.8 Å². The summed E-state index contributed by atoms with van der Waals surface area (Å²) in [7, 11) is 1.99. The lowest BCUT2D eigenvalue weighted by Crippen LogP contribution is -2.43. The van der Waals surface area contributed by atoms with Gasteiger partial charge in [0.2, 0.25) is 5.91 Å². The van der Waals surface area contributed by atoms with Gasteiger partial charge in [0.05, 0.1) is 12.2 Å². The van der Waals surface area contributed by atoms with Crippen molar-refractivity contribution < 1.29 is 4.79 Å². The van der Waals surface area contributed by atoms with E-state index in [0.29, 0.717) is 13.0 Å². The third-order valence-corrected chi connectivity index (χ3v) is 5.64. The quantitative estimate of drug-likeness (QED) is 0.322. The Balaban J connectivity index is 0.00000341. The molecule has 170 valence electrons. The molecule has 1 fully saturated rings. The summed E-state index contributed by atoms with van der Waals surface area (Å²) in [4.78, 5) is 18.5. The van der Waals surface area contributed by atoms with Gasteiger partial charge in [-0.25, -0.2) is 4.99 Å². The second kappa shape index (κ2) is 11.5. The van der Waals surface area contributed by atoms with Gasteiger partial charge in [0, 0.05) is 44.0 Å². The summed E-state index contributed by atoms with van der Waals surface area (Å²) >= 11 is 0. The molecule has 7 nitrogen and oxygen atoms in total. The fraction of sp³-hybridized carbons (Fsp3) is 0.522. The SMILES string of the molecule is CCNC(=NCc1ccc(N2CCCC2=O)cc1)NC(C)Cc1c(C)nn(C)c1C.I. The average molecular weight is 538 g/mol. The van der Waals surface area contributed by atoms with Gasteiger partial charge in [0.25, 0.3) is 0 Å². The van der Waals surface area contributed by atoms with Crippen LogP contribution >= 0.6 is 24.0 Å². The van der Waals surface area contributed by atoms with Gasteiger partial charge in [-0.15, -0.1) is 24.0 Å². The van der Waals surface area contributed by atoms with Crippen molar-refractivity contribution in [2.24, 2.45) is 12.0 Å². The van der Waals surface area contributed by atoms with Crippen molar-refractivity contribution in [1.29, 1.82) is 0 Å². The monoisotopic (exact) mass is 538 g/mol. The van der Waals surface area contributed by atoms with E-state index in [1.165, 1.54) is 11.3 Å². The van der Waals surface area contributed by atoms with Gasteiger partial charge in [-0.3, -0.25) is 9.48 Å². The third-order valence-electron chi connectivity index (χ3n) is 5.64. The van der Waals surface area contributed by atoms with Gasteiger partial charge >= 0.3 is 0 Å². The Hall–Kier alpha value is -2.10. The number of carbonyl (C=O) groups is 1. The van der Waals surface area contributed by atoms with Crippen LogP contribution in [0.5, 0.6) is 0 Å². The van der Waals surface area contributed by atoms with Crippen LogP contribution in [0.15, 0.2) is 29.3 Å². The molecular weight excluding hydrogens is 503 g/mol. The molecule has 1 atom stereocenters. The van der Waals surface area contributed by atoms with Crippen LogP contribution in [0, 0.1) is 13.8 Å². The van der Waals surface area contributed by atoms with Crippen LogP contribution < -0.4 is 15.5 Å². The van der Waals surface area contributed by atoms with Crippen molar-refractivity contribution >= 4 is 41.5 Å². The first-order chi connectivity index (χ1) is 14.4. The minimum Gasteiger partial charge on any atom is -0.357 e. The van der Waals surface area contributed by atoms with E-state index in [0.717, 1.165) is 48.8 Å². The van der Waals surface area contributed by atoms with Crippen molar-refractivity contribution in [3.63, 3.8) is 0 Å². The van der Waals surface area contributed by atoms with Gasteiger partial charge in [0.15, 0.2) is 5.96 Å². The number of hydrogen-bond donors (Lipinski definition) is 2. The summed E-state index contributed by atoms with van der Waals surface area (Å²) in [5, 5.41) is 11.4. The molecule has 1 saturated heterocycles. The highest BCUT2D eigenvalue weighted by Gasteiger charge is 2.21. The third kappa shape index (κ3) is 6.44. The molecule has 0 aliphatic carbocycles. The highest BCUT2D eigenvalue weighted by molar-refractivity contribution is 14.0. The first-order valence-corrected chi connectivity index (χ1v) is 10.8. The normalized spacial score (nSPS) is 15.1. The van der Waals surface area contributed by atoms with E-state index >= 15 is 0 Å². The average Bonchev–Trinajstić information content (AvgIpc) is 3.25. The molecule has 1 aromatic carbocycles. The molecule has 31 heavy (non-hydrogen) atoms. The molecule has 2 N–H and O–H groups in total. The molecule has 1 amide bonds. The maximum Gasteiger partial charge on any atom is 0.227 e. The lowest BCUT2D eigenvalue weighted by Gasteiger charge is -2.18. The highest BCUT2D eigenvalue weighted by atomic mass is 127. The largest absolute Gasteiger partial charge is 0.357 e. The van der Waals surface area contributed by atoms with Crippen LogP contribution in [0.25, 0.3) is 0 Å². The van der Waals surface area contributed by atoms with E-state index < -0.39 is 0 Å². The summed E-state index contributed by atoms with van der Waals surface area (Å²) in [6, 6.07) is 8.38. The zero-order valence-electron chi connectivity index (χ0n) is 19.2. The predicted molar refractivity (Wildman–Crippen MR) is 137 cm³/mol. The number of aliphatic imine (C=N–C) groups is 1. The van der Waals surface area contributed by atoms with Crippen molar-refractivity contribution in [2.75, 3.05) is 18.0 Å². The van der Waals surface area contributed by atoms with E-state index in [1.54, 1.807) is 0 Å². The molecular formula is C23H35IN6O. The molecule has 1 aliphatic heterocycles. The van der Waals surface area contributed by atoms with Crippen LogP contribution in [-0.2, 0) is 24.8 Å². The smallest absolute Gasteiger partial charge is 0.227 e. The standard InChI is InChI=1S/C23H34N6O.HI/c1-6-24-23(26-16(2)14-21-17(3)27-28(5)18(21)4)25-15-19-9-11-20(12-10-19)29-13-7-8-22(29)30;/h9-12,16H,6-8,13-15H2,1-5H3,(H2,24,25,26);1H. The molecule has 0 bridgehead atoms. The number of carbonyl (C=O) groups excluding carboxylic acids is 1. The van der Waals surface area contributed by atoms with E-state index in [2.05, 4.69) is 55.6 Å². The molecule has 8 heteroatoms. The zero-order chi connectivity index (χ0) is 21.7. The van der Waals surface area contributed by atoms with Crippen LogP contribution in [0.2, 0.25) is 0 Å². The summed E-state index contributed by atoms with van der Waals surface area (Å²) in [5.74, 6) is 1.02. The maximum atomic E-state index is 11.9. The Kier molecular flexibility index (Phi) is 9.33. The topological polar surface area (TPSA) is 74.6 Å². The Labute approximate surface area is 202 Å². The number of benzene rings is 1. The van der Waals surface area contributed by atoms with Gasteiger partial charge in [0.1, 0.15) is 0 Å². The second-order valence-corrected chi connectivity index (χ2v) is 8.03. The molecule has 1 aromatic heterocycles. The molecule has 3 rings (SSSR count). The first-order valence-electron chi connectivity index (χ1n) is 10.8. The van der Waals surface area contributed by atoms with E-state index in [9.17, 15) is 4.79 Å². The van der Waals surface area contributed by atoms with Gasteiger partial charge in [-0.2, -0.15) is 5.10 Å². The van der Waals surface area contributed by atoms with Gasteiger partial charge in [-0.1, -0.05) is 12.1 Å². The fourth-order valence-corrected chi connectivity index (χ4v) is 3.90. The summed E-state index contributed by atoms with van der Waals surface area (Å²) in [5.41, 5.74) is 5.68. The van der Waals surface area contributed by atoms with E-state index in [4.69, 9.17) is 4.99 Å². The molecule has 0 radical (unpaired) electrons. The van der Waals surface area contributed by atoms with Crippen molar-refractivity contribution in [2.45, 2.75) is 59.5 Å². The number of halogens is 1. The molecule has 0 spiro atoms. The number of nitrogens with zero attached hydrogens (tertiary/aromatic N) is 4. The Morgan fingerprint density at radius 1 is 1.26 bits per heavy atom. The first kappa shape index (κ1) is 25.2. The molecule has 1 aliphatic rings. The highest BCUT2D eigenvalue weighted by Crippen LogP contribution is 2.21. The number of aromatic nitrogens is 2. The molecule has 1 unspecified atom stereocenters. The molecule has 2 heterocycles. The van der Waals surface area contributed by atoms with Crippen LogP contribution in [0.1, 0.15) is 49.2 Å². The number of anilines is 1. The van der Waals surface area contributed by atoms with Crippen molar-refractivity contribution in [3.8, 4) is 0 Å². The summed E-state index contributed by atoms with van der Waals surface area (Å²) in [6.07, 6.45) is 2.49. The Morgan fingerprint density at radius 3 is 2.52 bits per heavy atom. The number of amides is 1. The number of aryl methyl sites for hydroxylation is 2. The minimum atomic E-state index is 0. The van der Waals surface area contributed by atoms with Crippen molar-refractivity contribution in [3.05, 3.63) is 46.8 Å². The number of nitrogens with one attached hydrogen (secondary N) is 2. The fourth-order valence-electron chi connectivity index (χ4n) is 3.90. The lowest BCUT2D eigenvalue weighted by molar-refractivity contribution is -0.117. The van der Waals surface area contributed by atoms with Crippen LogP contribution in [0.3, 0.4) is 0 Å². The van der Waals surface area contributed by atoms with E-state index in [1.807, 2.05) is 28.8 Å². The van der Waals surface area contributed by atoms with Gasteiger partial charge in [-0.05, 0) is 63.8 Å². The maximum absolute atomic E-state index is 11.9. The number of rotatable bonds is 7. The zero-order valence-corrected chi connectivity index (χ0v) is 21.6. The lowest BCUT2D eigenvalue weighted by atomic mass is 10.1.